The zero-order chi connectivity index (χ0) is 16.1. The lowest BCUT2D eigenvalue weighted by atomic mass is 10.1. The van der Waals surface area contributed by atoms with Crippen LogP contribution in [0.5, 0.6) is 0 Å². The van der Waals surface area contributed by atoms with Crippen LogP contribution in [0.1, 0.15) is 23.5 Å². The maximum atomic E-state index is 9.13. The first kappa shape index (κ1) is 15.9. The fourth-order valence-electron chi connectivity index (χ4n) is 2.76. The molecule has 3 heterocycles. The molecule has 2 atom stereocenters. The first-order chi connectivity index (χ1) is 11.3. The lowest BCUT2D eigenvalue weighted by Crippen LogP contribution is -2.44. The van der Waals surface area contributed by atoms with Crippen molar-refractivity contribution in [3.05, 3.63) is 40.5 Å². The van der Waals surface area contributed by atoms with Gasteiger partial charge in [-0.1, -0.05) is 6.07 Å². The van der Waals surface area contributed by atoms with Gasteiger partial charge in [-0.3, -0.25) is 4.90 Å². The van der Waals surface area contributed by atoms with Crippen molar-refractivity contribution in [2.24, 2.45) is 0 Å². The van der Waals surface area contributed by atoms with Gasteiger partial charge in [-0.15, -0.1) is 11.3 Å². The molecule has 1 aliphatic heterocycles. The van der Waals surface area contributed by atoms with E-state index in [2.05, 4.69) is 50.7 Å². The summed E-state index contributed by atoms with van der Waals surface area (Å²) in [5.74, 6) is 0.540. The molecule has 0 aromatic carbocycles. The summed E-state index contributed by atoms with van der Waals surface area (Å²) in [7, 11) is 0. The summed E-state index contributed by atoms with van der Waals surface area (Å²) >= 11 is 1.75. The number of anilines is 1. The lowest BCUT2D eigenvalue weighted by Gasteiger charge is -2.37. The highest BCUT2D eigenvalue weighted by Gasteiger charge is 2.26. The Morgan fingerprint density at radius 3 is 3.13 bits per heavy atom. The van der Waals surface area contributed by atoms with E-state index in [4.69, 9.17) is 10.00 Å². The molecule has 0 aliphatic carbocycles. The highest BCUT2D eigenvalue weighted by molar-refractivity contribution is 7.10. The number of hydrogen-bond acceptors (Lipinski definition) is 7. The minimum absolute atomic E-state index is 0.231. The number of aromatic nitrogens is 2. The van der Waals surface area contributed by atoms with E-state index < -0.39 is 0 Å². The second-order valence-corrected chi connectivity index (χ2v) is 6.43. The monoisotopic (exact) mass is 329 g/mol. The van der Waals surface area contributed by atoms with E-state index in [0.29, 0.717) is 18.1 Å². The molecule has 0 spiro atoms. The van der Waals surface area contributed by atoms with Crippen molar-refractivity contribution >= 4 is 17.2 Å². The normalized spacial score (nSPS) is 19.9. The third-order valence-electron chi connectivity index (χ3n) is 3.85. The third-order valence-corrected chi connectivity index (χ3v) is 4.83. The van der Waals surface area contributed by atoms with Crippen LogP contribution in [-0.4, -0.2) is 47.2 Å². The largest absolute Gasteiger partial charge is 0.376 e. The zero-order valence-corrected chi connectivity index (χ0v) is 13.8. The van der Waals surface area contributed by atoms with E-state index in [1.807, 2.05) is 0 Å². The molecule has 23 heavy (non-hydrogen) atoms. The molecular weight excluding hydrogens is 310 g/mol. The molecule has 0 unspecified atom stereocenters. The molecule has 7 heteroatoms. The molecule has 0 radical (unpaired) electrons. The van der Waals surface area contributed by atoms with Gasteiger partial charge < -0.3 is 10.1 Å². The summed E-state index contributed by atoms with van der Waals surface area (Å²) in [5, 5.41) is 14.5. The molecule has 1 fully saturated rings. The van der Waals surface area contributed by atoms with E-state index in [0.717, 1.165) is 19.7 Å². The van der Waals surface area contributed by atoms with Gasteiger partial charge in [0.15, 0.2) is 11.5 Å². The molecule has 0 bridgehead atoms. The first-order valence-electron chi connectivity index (χ1n) is 7.62. The van der Waals surface area contributed by atoms with Crippen LogP contribution < -0.4 is 5.32 Å². The number of thiophene rings is 1. The standard InChI is InChI=1S/C16H19N5OS/c1-12-11-21(6-7-22-12)14(15-3-2-8-23-15)10-20-16-13(9-17)18-4-5-19-16/h2-5,8,12,14H,6-7,10-11H2,1H3,(H,19,20)/t12-,14-/m1/s1. The van der Waals surface area contributed by atoms with E-state index in [9.17, 15) is 0 Å². The van der Waals surface area contributed by atoms with Gasteiger partial charge >= 0.3 is 0 Å². The SMILES string of the molecule is C[C@@H]1CN([C@H](CNc2nccnc2C#N)c2cccs2)CCO1. The van der Waals surface area contributed by atoms with Gasteiger partial charge in [-0.05, 0) is 18.4 Å². The predicted molar refractivity (Wildman–Crippen MR) is 89.3 cm³/mol. The quantitative estimate of drug-likeness (QED) is 0.907. The van der Waals surface area contributed by atoms with Crippen LogP contribution in [0.25, 0.3) is 0 Å². The second-order valence-electron chi connectivity index (χ2n) is 5.45. The van der Waals surface area contributed by atoms with Gasteiger partial charge in [0.05, 0.1) is 18.8 Å². The van der Waals surface area contributed by atoms with Crippen LogP contribution in [-0.2, 0) is 4.74 Å². The Morgan fingerprint density at radius 1 is 1.52 bits per heavy atom. The summed E-state index contributed by atoms with van der Waals surface area (Å²) in [6.07, 6.45) is 3.36. The molecule has 2 aromatic heterocycles. The smallest absolute Gasteiger partial charge is 0.182 e. The number of ether oxygens (including phenoxy) is 1. The maximum Gasteiger partial charge on any atom is 0.182 e. The molecular formula is C16H19N5OS. The van der Waals surface area contributed by atoms with Crippen molar-refractivity contribution in [1.29, 1.82) is 5.26 Å². The van der Waals surface area contributed by atoms with Crippen LogP contribution in [0.2, 0.25) is 0 Å². The van der Waals surface area contributed by atoms with Gasteiger partial charge in [-0.25, -0.2) is 9.97 Å². The predicted octanol–water partition coefficient (Wildman–Crippen LogP) is 2.28. The van der Waals surface area contributed by atoms with Crippen molar-refractivity contribution in [2.45, 2.75) is 19.1 Å². The number of hydrogen-bond donors (Lipinski definition) is 1. The fraction of sp³-hybridized carbons (Fsp3) is 0.438. The number of nitrogens with zero attached hydrogens (tertiary/aromatic N) is 4. The Hall–Kier alpha value is -2.01. The summed E-state index contributed by atoms with van der Waals surface area (Å²) in [5.41, 5.74) is 0.327. The first-order valence-corrected chi connectivity index (χ1v) is 8.50. The molecule has 3 rings (SSSR count). The molecule has 120 valence electrons. The third kappa shape index (κ3) is 3.85. The number of nitriles is 1. The molecule has 1 aliphatic rings. The average Bonchev–Trinajstić information content (AvgIpc) is 3.10. The summed E-state index contributed by atoms with van der Waals surface area (Å²) in [6.45, 7) is 5.33. The van der Waals surface area contributed by atoms with E-state index in [-0.39, 0.29) is 12.1 Å². The molecule has 6 nitrogen and oxygen atoms in total. The molecule has 0 saturated carbocycles. The highest BCUT2D eigenvalue weighted by atomic mass is 32.1. The van der Waals surface area contributed by atoms with E-state index >= 15 is 0 Å². The fourth-order valence-corrected chi connectivity index (χ4v) is 3.62. The summed E-state index contributed by atoms with van der Waals surface area (Å²) in [6, 6.07) is 6.53. The number of rotatable bonds is 5. The van der Waals surface area contributed by atoms with Gasteiger partial charge in [0.25, 0.3) is 0 Å². The van der Waals surface area contributed by atoms with Crippen LogP contribution in [0.3, 0.4) is 0 Å². The zero-order valence-electron chi connectivity index (χ0n) is 13.0. The van der Waals surface area contributed by atoms with Crippen molar-refractivity contribution in [2.75, 3.05) is 31.6 Å². The highest BCUT2D eigenvalue weighted by Crippen LogP contribution is 2.27. The van der Waals surface area contributed by atoms with E-state index in [1.165, 1.54) is 11.1 Å². The Bertz CT molecular complexity index is 669. The Labute approximate surface area is 139 Å². The van der Waals surface area contributed by atoms with Gasteiger partial charge in [0.1, 0.15) is 6.07 Å². The molecule has 1 saturated heterocycles. The second kappa shape index (κ2) is 7.51. The summed E-state index contributed by atoms with van der Waals surface area (Å²) < 4.78 is 5.65. The summed E-state index contributed by atoms with van der Waals surface area (Å²) in [4.78, 5) is 12.0. The topological polar surface area (TPSA) is 74.1 Å². The van der Waals surface area contributed by atoms with E-state index in [1.54, 1.807) is 17.5 Å². The van der Waals surface area contributed by atoms with Gasteiger partial charge in [0.2, 0.25) is 0 Å². The van der Waals surface area contributed by atoms with Crippen molar-refractivity contribution in [3.8, 4) is 6.07 Å². The van der Waals surface area contributed by atoms with Crippen molar-refractivity contribution in [1.82, 2.24) is 14.9 Å². The molecule has 0 amide bonds. The van der Waals surface area contributed by atoms with Crippen molar-refractivity contribution < 1.29 is 4.74 Å². The Morgan fingerprint density at radius 2 is 2.39 bits per heavy atom. The van der Waals surface area contributed by atoms with Gasteiger partial charge in [-0.2, -0.15) is 5.26 Å². The average molecular weight is 329 g/mol. The van der Waals surface area contributed by atoms with Crippen LogP contribution in [0.15, 0.2) is 29.9 Å². The Balaban J connectivity index is 1.75. The lowest BCUT2D eigenvalue weighted by molar-refractivity contribution is -0.0322. The maximum absolute atomic E-state index is 9.13. The van der Waals surface area contributed by atoms with Crippen LogP contribution in [0, 0.1) is 11.3 Å². The van der Waals surface area contributed by atoms with Crippen molar-refractivity contribution in [3.63, 3.8) is 0 Å². The van der Waals surface area contributed by atoms with Gasteiger partial charge in [0, 0.05) is 36.9 Å². The number of nitrogens with one attached hydrogen (secondary N) is 1. The number of morpholine rings is 1. The molecule has 2 aromatic rings. The van der Waals surface area contributed by atoms with Crippen LogP contribution >= 0.6 is 11.3 Å². The van der Waals surface area contributed by atoms with Crippen LogP contribution in [0.4, 0.5) is 5.82 Å². The Kier molecular flexibility index (Phi) is 5.18. The minimum atomic E-state index is 0.231. The minimum Gasteiger partial charge on any atom is -0.376 e. The molecule has 1 N–H and O–H groups in total.